The summed E-state index contributed by atoms with van der Waals surface area (Å²) in [6, 6.07) is 10.0. The molecule has 3 N–H and O–H groups in total. The number of nitrogens with one attached hydrogen (secondary N) is 1. The van der Waals surface area contributed by atoms with Crippen molar-refractivity contribution in [3.63, 3.8) is 0 Å². The Morgan fingerprint density at radius 3 is 2.38 bits per heavy atom. The number of rotatable bonds is 11. The first-order chi connectivity index (χ1) is 21.4. The highest BCUT2D eigenvalue weighted by atomic mass is 35.5. The first-order valence-corrected chi connectivity index (χ1v) is 14.9. The molecule has 4 rings (SSSR count). The summed E-state index contributed by atoms with van der Waals surface area (Å²) >= 11 is 12.4. The van der Waals surface area contributed by atoms with Crippen LogP contribution in [-0.4, -0.2) is 95.7 Å². The molecule has 0 aliphatic carbocycles. The fourth-order valence-electron chi connectivity index (χ4n) is 4.80. The van der Waals surface area contributed by atoms with Crippen molar-refractivity contribution < 1.29 is 33.6 Å². The van der Waals surface area contributed by atoms with Crippen molar-refractivity contribution in [2.45, 2.75) is 26.7 Å². The molecule has 2 heterocycles. The van der Waals surface area contributed by atoms with Crippen LogP contribution >= 0.6 is 23.2 Å². The van der Waals surface area contributed by atoms with Gasteiger partial charge in [-0.3, -0.25) is 9.59 Å². The number of carbonyl (C=O) groups is 3. The summed E-state index contributed by atoms with van der Waals surface area (Å²) in [5, 5.41) is 30.6. The molecule has 12 nitrogen and oxygen atoms in total. The number of benzene rings is 2. The Labute approximate surface area is 271 Å². The van der Waals surface area contributed by atoms with Gasteiger partial charge in [-0.1, -0.05) is 23.2 Å². The van der Waals surface area contributed by atoms with Crippen molar-refractivity contribution in [2.75, 3.05) is 36.2 Å². The molecule has 1 saturated heterocycles. The number of anilines is 2. The van der Waals surface area contributed by atoms with Crippen LogP contribution in [0.5, 0.6) is 5.75 Å². The SMILES string of the molecule is CB(O)N1CCN(C(=O)c2ccc(NC(=O)c3cc(OC(C)c4c(Cl)ccc(F)c4Cl)c(N(BC=O)B(C)O)nn3)cc2)CC1. The van der Waals surface area contributed by atoms with Crippen LogP contribution in [0.4, 0.5) is 15.9 Å². The van der Waals surface area contributed by atoms with E-state index in [-0.39, 0.29) is 46.2 Å². The maximum atomic E-state index is 14.2. The molecule has 0 saturated carbocycles. The summed E-state index contributed by atoms with van der Waals surface area (Å²) in [6.45, 7) is 6.74. The lowest BCUT2D eigenvalue weighted by molar-refractivity contribution is 0.0688. The third kappa shape index (κ3) is 8.13. The lowest BCUT2D eigenvalue weighted by atomic mass is 9.73. The van der Waals surface area contributed by atoms with Crippen LogP contribution in [0.3, 0.4) is 0 Å². The number of carbonyl (C=O) groups excluding carboxylic acids is 3. The van der Waals surface area contributed by atoms with Gasteiger partial charge in [0.1, 0.15) is 18.1 Å². The van der Waals surface area contributed by atoms with E-state index in [1.807, 2.05) is 4.81 Å². The predicted molar refractivity (Wildman–Crippen MR) is 173 cm³/mol. The maximum Gasteiger partial charge on any atom is 0.397 e. The average Bonchev–Trinajstić information content (AvgIpc) is 3.02. The standard InChI is InChI=1S/C27H30B3Cl2FN6O6/c1-16(23-19(31)8-9-20(33)24(23)32)45-22-14-21(35-36-25(22)39(28-15-40)30(3)44)26(41)34-18-6-4-17(5-7-18)27(42)37-10-12-38(13-11-37)29(2)43/h4-9,14-16,28,43-44H,10-13H2,1-3H3,(H,34,41). The topological polar surface area (TPSA) is 148 Å². The van der Waals surface area contributed by atoms with E-state index in [0.29, 0.717) is 43.6 Å². The molecule has 1 aromatic heterocycles. The number of amides is 2. The smallest absolute Gasteiger partial charge is 0.397 e. The minimum absolute atomic E-state index is 0.0544. The molecule has 45 heavy (non-hydrogen) atoms. The van der Waals surface area contributed by atoms with Crippen LogP contribution in [0.15, 0.2) is 42.5 Å². The van der Waals surface area contributed by atoms with Crippen molar-refractivity contribution >= 4 is 74.2 Å². The van der Waals surface area contributed by atoms with E-state index in [4.69, 9.17) is 27.9 Å². The number of hydrogen-bond acceptors (Lipinski definition) is 10. The van der Waals surface area contributed by atoms with Crippen LogP contribution in [0.1, 0.15) is 39.4 Å². The number of ether oxygens (including phenoxy) is 1. The molecule has 1 aliphatic heterocycles. The molecule has 0 spiro atoms. The Hall–Kier alpha value is -3.69. The zero-order valence-corrected chi connectivity index (χ0v) is 26.3. The number of aromatic nitrogens is 2. The second kappa shape index (κ2) is 15.1. The highest BCUT2D eigenvalue weighted by Gasteiger charge is 2.28. The van der Waals surface area contributed by atoms with Crippen LogP contribution in [0.25, 0.3) is 0 Å². The minimum Gasteiger partial charge on any atom is -0.482 e. The predicted octanol–water partition coefficient (Wildman–Crippen LogP) is 2.64. The molecular weight excluding hydrogens is 627 g/mol. The summed E-state index contributed by atoms with van der Waals surface area (Å²) in [5.41, 5.74) is 0.785. The Balaban J connectivity index is 1.54. The van der Waals surface area contributed by atoms with E-state index in [9.17, 15) is 28.8 Å². The first kappa shape index (κ1) is 34.2. The molecular formula is C27H30B3Cl2FN6O6. The van der Waals surface area contributed by atoms with Gasteiger partial charge < -0.3 is 39.3 Å². The Bertz CT molecular complexity index is 1550. The van der Waals surface area contributed by atoms with Crippen molar-refractivity contribution in [1.82, 2.24) is 19.9 Å². The molecule has 1 atom stereocenters. The van der Waals surface area contributed by atoms with Gasteiger partial charge in [-0.05, 0) is 57.0 Å². The van der Waals surface area contributed by atoms with Gasteiger partial charge in [0.2, 0.25) is 0 Å². The fourth-order valence-corrected chi connectivity index (χ4v) is 5.48. The molecule has 2 aromatic carbocycles. The summed E-state index contributed by atoms with van der Waals surface area (Å²) in [5.74, 6) is -1.65. The van der Waals surface area contributed by atoms with Gasteiger partial charge in [-0.15, -0.1) is 10.2 Å². The average molecular weight is 657 g/mol. The van der Waals surface area contributed by atoms with E-state index in [0.717, 1.165) is 6.07 Å². The number of hydrogen-bond donors (Lipinski definition) is 3. The van der Waals surface area contributed by atoms with Crippen LogP contribution in [-0.2, 0) is 4.79 Å². The Kier molecular flexibility index (Phi) is 11.4. The molecule has 3 aromatic rings. The fraction of sp³-hybridized carbons (Fsp3) is 0.296. The van der Waals surface area contributed by atoms with Gasteiger partial charge in [-0.2, -0.15) is 0 Å². The molecule has 1 aliphatic rings. The largest absolute Gasteiger partial charge is 0.482 e. The summed E-state index contributed by atoms with van der Waals surface area (Å²) in [6.07, 6.45) is -0.404. The normalized spacial score (nSPS) is 13.9. The van der Waals surface area contributed by atoms with Gasteiger partial charge in [0, 0.05) is 54.1 Å². The zero-order chi connectivity index (χ0) is 32.8. The molecule has 0 radical (unpaired) electrons. The number of nitrogens with zero attached hydrogens (tertiary/aromatic N) is 5. The molecule has 234 valence electrons. The van der Waals surface area contributed by atoms with Crippen molar-refractivity contribution in [3.8, 4) is 5.75 Å². The van der Waals surface area contributed by atoms with Crippen molar-refractivity contribution in [2.24, 2.45) is 0 Å². The van der Waals surface area contributed by atoms with E-state index in [2.05, 4.69) is 15.5 Å². The van der Waals surface area contributed by atoms with Crippen LogP contribution < -0.4 is 14.8 Å². The Morgan fingerprint density at radius 1 is 1.11 bits per heavy atom. The van der Waals surface area contributed by atoms with Gasteiger partial charge in [0.25, 0.3) is 11.8 Å². The molecule has 1 unspecified atom stereocenters. The summed E-state index contributed by atoms with van der Waals surface area (Å²) in [4.78, 5) is 41.0. The highest BCUT2D eigenvalue weighted by Crippen LogP contribution is 2.37. The lowest BCUT2D eigenvalue weighted by Crippen LogP contribution is -2.52. The molecule has 0 bridgehead atoms. The number of piperazine rings is 1. The minimum atomic E-state index is -1.19. The van der Waals surface area contributed by atoms with Crippen molar-refractivity contribution in [1.29, 1.82) is 0 Å². The molecule has 1 fully saturated rings. The van der Waals surface area contributed by atoms with E-state index < -0.39 is 31.9 Å². The van der Waals surface area contributed by atoms with Gasteiger partial charge >= 0.3 is 21.5 Å². The summed E-state index contributed by atoms with van der Waals surface area (Å²) < 4.78 is 21.5. The van der Waals surface area contributed by atoms with Crippen LogP contribution in [0.2, 0.25) is 23.7 Å². The van der Waals surface area contributed by atoms with Crippen molar-refractivity contribution in [3.05, 3.63) is 75.1 Å². The lowest BCUT2D eigenvalue weighted by Gasteiger charge is -2.35. The first-order valence-electron chi connectivity index (χ1n) is 14.1. The van der Waals surface area contributed by atoms with E-state index in [1.165, 1.54) is 23.7 Å². The van der Waals surface area contributed by atoms with Gasteiger partial charge in [0.05, 0.1) is 5.02 Å². The second-order valence-electron chi connectivity index (χ2n) is 10.4. The van der Waals surface area contributed by atoms with Gasteiger partial charge in [-0.25, -0.2) is 4.39 Å². The van der Waals surface area contributed by atoms with E-state index >= 15 is 0 Å². The summed E-state index contributed by atoms with van der Waals surface area (Å²) in [7, 11) is -2.03. The molecule has 2 amide bonds. The van der Waals surface area contributed by atoms with Crippen LogP contribution in [0, 0.1) is 5.82 Å². The number of halogens is 3. The third-order valence-corrected chi connectivity index (χ3v) is 7.99. The Morgan fingerprint density at radius 2 is 1.78 bits per heavy atom. The van der Waals surface area contributed by atoms with E-state index in [1.54, 1.807) is 42.9 Å². The molecule has 18 heteroatoms. The maximum absolute atomic E-state index is 14.2. The third-order valence-electron chi connectivity index (χ3n) is 7.28. The monoisotopic (exact) mass is 656 g/mol. The highest BCUT2D eigenvalue weighted by molar-refractivity contribution is 6.82. The van der Waals surface area contributed by atoms with Gasteiger partial charge in [0.15, 0.2) is 17.3 Å². The zero-order valence-electron chi connectivity index (χ0n) is 24.8. The quantitative estimate of drug-likeness (QED) is 0.160. The second-order valence-corrected chi connectivity index (χ2v) is 11.2.